The number of piperazine rings is 1. The van der Waals surface area contributed by atoms with E-state index >= 15 is 4.39 Å². The van der Waals surface area contributed by atoms with Gasteiger partial charge in [-0.3, -0.25) is 4.79 Å². The minimum atomic E-state index is -0.463. The number of nitrogens with zero attached hydrogens (tertiary/aromatic N) is 4. The van der Waals surface area contributed by atoms with E-state index < -0.39 is 11.4 Å². The van der Waals surface area contributed by atoms with Crippen LogP contribution >= 0.6 is 0 Å². The van der Waals surface area contributed by atoms with Gasteiger partial charge in [0, 0.05) is 32.4 Å². The van der Waals surface area contributed by atoms with E-state index in [0.717, 1.165) is 13.1 Å². The molecule has 7 nitrogen and oxygen atoms in total. The third kappa shape index (κ3) is 3.76. The molecule has 8 heteroatoms. The van der Waals surface area contributed by atoms with Crippen molar-refractivity contribution in [2.24, 2.45) is 5.16 Å². The standard InChI is InChI=1S/C22H29FN4O3/c1-14-13-29-21-18-16(10-17(23)19(21)26-8-6-25(5)7-9-26)20(28)15(12-27(14)18)11-24-30-22(2,3)4/h10-12,14H,6-9,13H2,1-5H3/t14-/m0/s1. The van der Waals surface area contributed by atoms with Crippen molar-refractivity contribution >= 4 is 22.8 Å². The quantitative estimate of drug-likeness (QED) is 0.569. The van der Waals surface area contributed by atoms with Crippen molar-refractivity contribution in [1.82, 2.24) is 9.47 Å². The summed E-state index contributed by atoms with van der Waals surface area (Å²) in [4.78, 5) is 22.7. The third-order valence-electron chi connectivity index (χ3n) is 5.51. The normalized spacial score (nSPS) is 20.1. The fraction of sp³-hybridized carbons (Fsp3) is 0.545. The van der Waals surface area contributed by atoms with E-state index in [2.05, 4.69) is 17.1 Å². The van der Waals surface area contributed by atoms with Crippen molar-refractivity contribution in [2.45, 2.75) is 39.3 Å². The van der Waals surface area contributed by atoms with Crippen LogP contribution in [0.15, 0.2) is 22.2 Å². The predicted octanol–water partition coefficient (Wildman–Crippen LogP) is 2.99. The molecule has 0 unspecified atom stereocenters. The largest absolute Gasteiger partial charge is 0.487 e. The number of likely N-dealkylation sites (N-methyl/N-ethyl adjacent to an activating group) is 1. The Hall–Kier alpha value is -2.61. The van der Waals surface area contributed by atoms with Gasteiger partial charge < -0.3 is 23.9 Å². The highest BCUT2D eigenvalue weighted by atomic mass is 19.1. The van der Waals surface area contributed by atoms with E-state index in [1.165, 1.54) is 12.3 Å². The van der Waals surface area contributed by atoms with E-state index in [4.69, 9.17) is 9.57 Å². The first kappa shape index (κ1) is 20.7. The Morgan fingerprint density at radius 2 is 1.97 bits per heavy atom. The zero-order chi connectivity index (χ0) is 21.6. The summed E-state index contributed by atoms with van der Waals surface area (Å²) in [5, 5.41) is 4.26. The first-order chi connectivity index (χ1) is 14.2. The minimum absolute atomic E-state index is 0.00193. The van der Waals surface area contributed by atoms with Crippen LogP contribution in [0.3, 0.4) is 0 Å². The van der Waals surface area contributed by atoms with Gasteiger partial charge in [0.2, 0.25) is 0 Å². The summed E-state index contributed by atoms with van der Waals surface area (Å²) in [5.74, 6) is 0.0273. The summed E-state index contributed by atoms with van der Waals surface area (Å²) >= 11 is 0. The molecule has 0 bridgehead atoms. The van der Waals surface area contributed by atoms with Gasteiger partial charge >= 0.3 is 0 Å². The van der Waals surface area contributed by atoms with Crippen molar-refractivity contribution in [1.29, 1.82) is 0 Å². The fourth-order valence-electron chi connectivity index (χ4n) is 3.89. The number of hydrogen-bond donors (Lipinski definition) is 0. The van der Waals surface area contributed by atoms with Crippen molar-refractivity contribution in [3.63, 3.8) is 0 Å². The SMILES string of the molecule is C[C@H]1COc2c(N3CCN(C)CC3)c(F)cc3c(=O)c(C=NOC(C)(C)C)cn1c23. The van der Waals surface area contributed by atoms with E-state index in [1.807, 2.05) is 37.2 Å². The number of rotatable bonds is 3. The number of ether oxygens (including phenoxy) is 1. The summed E-state index contributed by atoms with van der Waals surface area (Å²) in [6, 6.07) is 1.34. The molecule has 2 aliphatic heterocycles. The number of benzene rings is 1. The average Bonchev–Trinajstić information content (AvgIpc) is 2.67. The van der Waals surface area contributed by atoms with E-state index in [0.29, 0.717) is 47.6 Å². The number of aromatic nitrogens is 1. The molecular formula is C22H29FN4O3. The number of pyridine rings is 1. The maximum absolute atomic E-state index is 15.3. The zero-order valence-electron chi connectivity index (χ0n) is 18.2. The summed E-state index contributed by atoms with van der Waals surface area (Å²) in [6.45, 7) is 11.2. The lowest BCUT2D eigenvalue weighted by atomic mass is 10.1. The lowest BCUT2D eigenvalue weighted by molar-refractivity contribution is 0.00198. The summed E-state index contributed by atoms with van der Waals surface area (Å²) < 4.78 is 23.3. The second-order valence-corrected chi connectivity index (χ2v) is 9.14. The number of hydrogen-bond acceptors (Lipinski definition) is 6. The zero-order valence-corrected chi connectivity index (χ0v) is 18.2. The molecule has 2 aliphatic rings. The molecule has 1 atom stereocenters. The highest BCUT2D eigenvalue weighted by Crippen LogP contribution is 2.41. The first-order valence-electron chi connectivity index (χ1n) is 10.3. The molecule has 1 aromatic carbocycles. The van der Waals surface area contributed by atoms with Gasteiger partial charge in [-0.15, -0.1) is 0 Å². The van der Waals surface area contributed by atoms with Gasteiger partial charge in [-0.25, -0.2) is 4.39 Å². The minimum Gasteiger partial charge on any atom is -0.487 e. The van der Waals surface area contributed by atoms with Crippen molar-refractivity contribution in [2.75, 3.05) is 44.7 Å². The van der Waals surface area contributed by atoms with Crippen molar-refractivity contribution in [3.05, 3.63) is 33.9 Å². The number of oxime groups is 1. The average molecular weight is 416 g/mol. The number of halogens is 1. The lowest BCUT2D eigenvalue weighted by Gasteiger charge is -2.37. The van der Waals surface area contributed by atoms with Crippen LogP contribution in [0.5, 0.6) is 5.75 Å². The Morgan fingerprint density at radius 1 is 1.27 bits per heavy atom. The van der Waals surface area contributed by atoms with E-state index in [9.17, 15) is 4.79 Å². The van der Waals surface area contributed by atoms with Crippen LogP contribution in [0.25, 0.3) is 10.9 Å². The molecule has 0 radical (unpaired) electrons. The molecule has 0 aliphatic carbocycles. The van der Waals surface area contributed by atoms with Crippen LogP contribution in [0.1, 0.15) is 39.3 Å². The summed E-state index contributed by atoms with van der Waals surface area (Å²) in [6.07, 6.45) is 3.17. The van der Waals surface area contributed by atoms with Crippen LogP contribution in [-0.4, -0.2) is 61.1 Å². The monoisotopic (exact) mass is 416 g/mol. The molecule has 30 heavy (non-hydrogen) atoms. The predicted molar refractivity (Wildman–Crippen MR) is 117 cm³/mol. The Kier molecular flexibility index (Phi) is 5.22. The molecule has 1 saturated heterocycles. The van der Waals surface area contributed by atoms with Crippen LogP contribution in [0.4, 0.5) is 10.1 Å². The van der Waals surface area contributed by atoms with Crippen molar-refractivity contribution in [3.8, 4) is 5.75 Å². The molecule has 1 aromatic heterocycles. The maximum Gasteiger partial charge on any atom is 0.198 e. The topological polar surface area (TPSA) is 59.3 Å². The van der Waals surface area contributed by atoms with Crippen LogP contribution in [0, 0.1) is 5.82 Å². The van der Waals surface area contributed by atoms with Gasteiger partial charge in [0.25, 0.3) is 0 Å². The highest BCUT2D eigenvalue weighted by molar-refractivity contribution is 5.95. The molecular weight excluding hydrogens is 387 g/mol. The molecule has 2 aromatic rings. The Bertz CT molecular complexity index is 1050. The molecule has 0 saturated carbocycles. The molecule has 0 amide bonds. The second kappa shape index (κ2) is 7.58. The van der Waals surface area contributed by atoms with E-state index in [-0.39, 0.29) is 11.5 Å². The highest BCUT2D eigenvalue weighted by Gasteiger charge is 2.30. The van der Waals surface area contributed by atoms with Gasteiger partial charge in [-0.05, 0) is 40.8 Å². The molecule has 0 spiro atoms. The first-order valence-corrected chi connectivity index (χ1v) is 10.3. The van der Waals surface area contributed by atoms with Gasteiger partial charge in [-0.2, -0.15) is 0 Å². The fourth-order valence-corrected chi connectivity index (χ4v) is 3.89. The molecule has 4 rings (SSSR count). The van der Waals surface area contributed by atoms with Gasteiger partial charge in [-0.1, -0.05) is 5.16 Å². The third-order valence-corrected chi connectivity index (χ3v) is 5.51. The molecule has 162 valence electrons. The Balaban J connectivity index is 1.86. The van der Waals surface area contributed by atoms with Gasteiger partial charge in [0.05, 0.1) is 28.7 Å². The van der Waals surface area contributed by atoms with Crippen molar-refractivity contribution < 1.29 is 14.0 Å². The number of anilines is 1. The maximum atomic E-state index is 15.3. The molecule has 3 heterocycles. The molecule has 1 fully saturated rings. The second-order valence-electron chi connectivity index (χ2n) is 9.14. The lowest BCUT2D eigenvalue weighted by Crippen LogP contribution is -2.45. The summed E-state index contributed by atoms with van der Waals surface area (Å²) in [7, 11) is 2.06. The molecule has 0 N–H and O–H groups in total. The van der Waals surface area contributed by atoms with E-state index in [1.54, 1.807) is 6.20 Å². The smallest absolute Gasteiger partial charge is 0.198 e. The Labute approximate surface area is 175 Å². The summed E-state index contributed by atoms with van der Waals surface area (Å²) in [5.41, 5.74) is 0.704. The Morgan fingerprint density at radius 3 is 2.63 bits per heavy atom. The van der Waals surface area contributed by atoms with Gasteiger partial charge in [0.15, 0.2) is 17.0 Å². The van der Waals surface area contributed by atoms with Crippen LogP contribution in [0.2, 0.25) is 0 Å². The van der Waals surface area contributed by atoms with Crippen LogP contribution < -0.4 is 15.1 Å². The van der Waals surface area contributed by atoms with Crippen LogP contribution in [-0.2, 0) is 4.84 Å². The van der Waals surface area contributed by atoms with Gasteiger partial charge in [0.1, 0.15) is 17.9 Å².